The molecule has 0 aliphatic carbocycles. The van der Waals surface area contributed by atoms with Gasteiger partial charge in [0.1, 0.15) is 11.1 Å². The van der Waals surface area contributed by atoms with Crippen molar-refractivity contribution < 1.29 is 4.74 Å². The number of H-pyrrole nitrogens is 1. The van der Waals surface area contributed by atoms with Crippen LogP contribution in [0, 0.1) is 0 Å². The third-order valence-corrected chi connectivity index (χ3v) is 4.98. The van der Waals surface area contributed by atoms with Gasteiger partial charge < -0.3 is 9.72 Å². The normalized spacial score (nSPS) is 11.0. The van der Waals surface area contributed by atoms with Crippen LogP contribution in [0.4, 0.5) is 0 Å². The molecular weight excluding hydrogens is 384 g/mol. The molecule has 0 saturated carbocycles. The van der Waals surface area contributed by atoms with E-state index in [4.69, 9.17) is 16.3 Å². The number of ether oxygens (including phenoxy) is 1. The number of para-hydroxylation sites is 2. The van der Waals surface area contributed by atoms with Crippen LogP contribution in [0.15, 0.2) is 70.7 Å². The molecule has 1 N–H and O–H groups in total. The zero-order chi connectivity index (χ0) is 18.6. The van der Waals surface area contributed by atoms with Gasteiger partial charge in [-0.15, -0.1) is 0 Å². The van der Waals surface area contributed by atoms with E-state index in [0.717, 1.165) is 5.69 Å². The van der Waals surface area contributed by atoms with Crippen molar-refractivity contribution in [2.75, 3.05) is 12.4 Å². The molecule has 0 bridgehead atoms. The summed E-state index contributed by atoms with van der Waals surface area (Å²) in [6.45, 7) is 0.439. The van der Waals surface area contributed by atoms with Crippen molar-refractivity contribution >= 4 is 34.4 Å². The lowest BCUT2D eigenvalue weighted by molar-refractivity contribution is 0.344. The highest BCUT2D eigenvalue weighted by Gasteiger charge is 2.11. The molecule has 0 saturated heterocycles. The van der Waals surface area contributed by atoms with Crippen molar-refractivity contribution in [3.63, 3.8) is 0 Å². The molecule has 136 valence electrons. The van der Waals surface area contributed by atoms with Gasteiger partial charge in [0.15, 0.2) is 10.8 Å². The van der Waals surface area contributed by atoms with Gasteiger partial charge in [0, 0.05) is 5.75 Å². The molecule has 0 aliphatic heterocycles. The van der Waals surface area contributed by atoms with Crippen LogP contribution < -0.4 is 10.3 Å². The molecular formula is C19H15ClN4O2S. The van der Waals surface area contributed by atoms with Crippen LogP contribution in [-0.4, -0.2) is 32.1 Å². The second-order valence-corrected chi connectivity index (χ2v) is 7.12. The summed E-state index contributed by atoms with van der Waals surface area (Å²) in [5, 5.41) is 5.85. The summed E-state index contributed by atoms with van der Waals surface area (Å²) in [5.74, 6) is 1.25. The summed E-state index contributed by atoms with van der Waals surface area (Å²) in [6, 6.07) is 16.9. The quantitative estimate of drug-likeness (QED) is 0.302. The Hall–Kier alpha value is -2.77. The molecule has 6 nitrogen and oxygen atoms in total. The molecule has 0 radical (unpaired) electrons. The lowest BCUT2D eigenvalue weighted by atomic mass is 10.3. The van der Waals surface area contributed by atoms with Gasteiger partial charge in [-0.25, -0.2) is 9.67 Å². The van der Waals surface area contributed by atoms with Crippen molar-refractivity contribution in [2.24, 2.45) is 0 Å². The molecule has 4 aromatic rings. The van der Waals surface area contributed by atoms with Gasteiger partial charge in [0.05, 0.1) is 23.5 Å². The minimum Gasteiger partial charge on any atom is -0.491 e. The van der Waals surface area contributed by atoms with Gasteiger partial charge in [-0.2, -0.15) is 5.10 Å². The predicted molar refractivity (Wildman–Crippen MR) is 107 cm³/mol. The maximum absolute atomic E-state index is 12.3. The molecule has 2 aromatic carbocycles. The third kappa shape index (κ3) is 3.84. The number of benzene rings is 2. The summed E-state index contributed by atoms with van der Waals surface area (Å²) in [4.78, 5) is 19.7. The molecule has 27 heavy (non-hydrogen) atoms. The Balaban J connectivity index is 1.51. The average Bonchev–Trinajstić information content (AvgIpc) is 3.12. The van der Waals surface area contributed by atoms with Crippen LogP contribution in [0.1, 0.15) is 0 Å². The van der Waals surface area contributed by atoms with Crippen molar-refractivity contribution in [1.29, 1.82) is 0 Å². The topological polar surface area (TPSA) is 72.8 Å². The third-order valence-electron chi connectivity index (χ3n) is 3.83. The van der Waals surface area contributed by atoms with Gasteiger partial charge in [0.2, 0.25) is 0 Å². The van der Waals surface area contributed by atoms with Gasteiger partial charge in [-0.05, 0) is 24.3 Å². The number of aromatic amines is 1. The van der Waals surface area contributed by atoms with Gasteiger partial charge in [-0.3, -0.25) is 4.79 Å². The smallest absolute Gasteiger partial charge is 0.262 e. The van der Waals surface area contributed by atoms with Crippen LogP contribution in [-0.2, 0) is 0 Å². The van der Waals surface area contributed by atoms with Crippen molar-refractivity contribution in [3.8, 4) is 11.4 Å². The largest absolute Gasteiger partial charge is 0.491 e. The zero-order valence-electron chi connectivity index (χ0n) is 14.1. The molecule has 2 heterocycles. The molecule has 0 aliphatic rings. The van der Waals surface area contributed by atoms with Crippen molar-refractivity contribution in [2.45, 2.75) is 5.16 Å². The molecule has 0 spiro atoms. The first-order valence-corrected chi connectivity index (χ1v) is 9.62. The molecule has 0 amide bonds. The van der Waals surface area contributed by atoms with Gasteiger partial charge >= 0.3 is 0 Å². The molecule has 2 aromatic heterocycles. The number of halogens is 1. The van der Waals surface area contributed by atoms with Crippen LogP contribution in [0.5, 0.6) is 5.75 Å². The van der Waals surface area contributed by atoms with E-state index in [9.17, 15) is 4.79 Å². The Labute approximate surface area is 164 Å². The minimum atomic E-state index is -0.211. The Bertz CT molecular complexity index is 1130. The lowest BCUT2D eigenvalue weighted by Gasteiger charge is -2.07. The van der Waals surface area contributed by atoms with E-state index >= 15 is 0 Å². The van der Waals surface area contributed by atoms with Crippen LogP contribution >= 0.6 is 23.4 Å². The first kappa shape index (κ1) is 17.6. The van der Waals surface area contributed by atoms with E-state index in [2.05, 4.69) is 15.1 Å². The molecule has 0 atom stereocenters. The van der Waals surface area contributed by atoms with E-state index in [-0.39, 0.29) is 5.56 Å². The fourth-order valence-electron chi connectivity index (χ4n) is 2.58. The van der Waals surface area contributed by atoms with Crippen LogP contribution in [0.25, 0.3) is 16.7 Å². The highest BCUT2D eigenvalue weighted by atomic mass is 35.5. The first-order chi connectivity index (χ1) is 13.2. The van der Waals surface area contributed by atoms with E-state index in [1.807, 2.05) is 48.5 Å². The Morgan fingerprint density at radius 3 is 2.70 bits per heavy atom. The standard InChI is InChI=1S/C19H15ClN4O2S/c20-15-8-4-5-9-16(15)26-10-11-27-19-22-17-14(18(25)23-19)12-21-24(17)13-6-2-1-3-7-13/h1-9,12H,10-11H2,(H,22,23,25). The van der Waals surface area contributed by atoms with Crippen LogP contribution in [0.3, 0.4) is 0 Å². The highest BCUT2D eigenvalue weighted by Crippen LogP contribution is 2.24. The first-order valence-electron chi connectivity index (χ1n) is 8.26. The maximum atomic E-state index is 12.3. The lowest BCUT2D eigenvalue weighted by Crippen LogP contribution is -2.10. The predicted octanol–water partition coefficient (Wildman–Crippen LogP) is 3.93. The minimum absolute atomic E-state index is 0.211. The number of hydrogen-bond donors (Lipinski definition) is 1. The number of thioether (sulfide) groups is 1. The van der Waals surface area contributed by atoms with E-state index in [1.54, 1.807) is 10.7 Å². The number of nitrogens with zero attached hydrogens (tertiary/aromatic N) is 3. The number of fused-ring (bicyclic) bond motifs is 1. The zero-order valence-corrected chi connectivity index (χ0v) is 15.7. The highest BCUT2D eigenvalue weighted by molar-refractivity contribution is 7.99. The van der Waals surface area contributed by atoms with E-state index < -0.39 is 0 Å². The number of hydrogen-bond acceptors (Lipinski definition) is 5. The van der Waals surface area contributed by atoms with Crippen LogP contribution in [0.2, 0.25) is 5.02 Å². The second kappa shape index (κ2) is 7.85. The number of nitrogens with one attached hydrogen (secondary N) is 1. The maximum Gasteiger partial charge on any atom is 0.262 e. The van der Waals surface area contributed by atoms with E-state index in [0.29, 0.717) is 39.3 Å². The average molecular weight is 399 g/mol. The molecule has 0 fully saturated rings. The van der Waals surface area contributed by atoms with E-state index in [1.165, 1.54) is 18.0 Å². The Morgan fingerprint density at radius 2 is 1.89 bits per heavy atom. The monoisotopic (exact) mass is 398 g/mol. The summed E-state index contributed by atoms with van der Waals surface area (Å²) in [5.41, 5.74) is 1.17. The van der Waals surface area contributed by atoms with Gasteiger partial charge in [0.25, 0.3) is 5.56 Å². The summed E-state index contributed by atoms with van der Waals surface area (Å²) < 4.78 is 7.33. The SMILES string of the molecule is O=c1[nH]c(SCCOc2ccccc2Cl)nc2c1cnn2-c1ccccc1. The number of rotatable bonds is 6. The summed E-state index contributed by atoms with van der Waals surface area (Å²) in [6.07, 6.45) is 1.53. The summed E-state index contributed by atoms with van der Waals surface area (Å²) >= 11 is 7.47. The molecule has 8 heteroatoms. The number of aromatic nitrogens is 4. The Morgan fingerprint density at radius 1 is 1.11 bits per heavy atom. The fourth-order valence-corrected chi connectivity index (χ4v) is 3.44. The summed E-state index contributed by atoms with van der Waals surface area (Å²) in [7, 11) is 0. The molecule has 4 rings (SSSR count). The fraction of sp³-hybridized carbons (Fsp3) is 0.105. The van der Waals surface area contributed by atoms with Crippen molar-refractivity contribution in [3.05, 3.63) is 76.2 Å². The molecule has 0 unspecified atom stereocenters. The van der Waals surface area contributed by atoms with Crippen molar-refractivity contribution in [1.82, 2.24) is 19.7 Å². The van der Waals surface area contributed by atoms with Gasteiger partial charge in [-0.1, -0.05) is 53.7 Å². The second-order valence-electron chi connectivity index (χ2n) is 5.63. The Kier molecular flexibility index (Phi) is 5.13.